The van der Waals surface area contributed by atoms with Crippen LogP contribution in [0.25, 0.3) is 22.4 Å². The fourth-order valence-corrected chi connectivity index (χ4v) is 4.62. The van der Waals surface area contributed by atoms with Gasteiger partial charge >= 0.3 is 5.69 Å². The summed E-state index contributed by atoms with van der Waals surface area (Å²) in [4.78, 5) is 47.0. The summed E-state index contributed by atoms with van der Waals surface area (Å²) in [7, 11) is 1.77. The number of carbonyl (C=O) groups excluding carboxylic acids is 1. The predicted octanol–water partition coefficient (Wildman–Crippen LogP) is 1.34. The summed E-state index contributed by atoms with van der Waals surface area (Å²) in [5.41, 5.74) is 1.01. The van der Waals surface area contributed by atoms with Crippen LogP contribution in [0.5, 0.6) is 0 Å². The number of hydrogen-bond donors (Lipinski definition) is 2. The Balaban J connectivity index is 1.26. The summed E-state index contributed by atoms with van der Waals surface area (Å²) in [5, 5.41) is 13.1. The fourth-order valence-electron chi connectivity index (χ4n) is 4.62. The fraction of sp³-hybridized carbons (Fsp3) is 0.409. The third-order valence-electron chi connectivity index (χ3n) is 6.54. The van der Waals surface area contributed by atoms with Gasteiger partial charge in [0.2, 0.25) is 0 Å². The molecule has 0 radical (unpaired) electrons. The van der Waals surface area contributed by atoms with E-state index in [-0.39, 0.29) is 29.0 Å². The smallest absolute Gasteiger partial charge is 0.327 e. The molecular formula is C22H25N9O3. The van der Waals surface area contributed by atoms with Crippen molar-refractivity contribution in [3.63, 3.8) is 0 Å². The van der Waals surface area contributed by atoms with Gasteiger partial charge in [-0.25, -0.2) is 14.5 Å². The van der Waals surface area contributed by atoms with E-state index >= 15 is 0 Å². The minimum atomic E-state index is -0.631. The lowest BCUT2D eigenvalue weighted by Gasteiger charge is -2.34. The molecule has 0 bridgehead atoms. The van der Waals surface area contributed by atoms with Crippen LogP contribution < -0.4 is 11.2 Å². The topological polar surface area (TPSA) is 147 Å². The van der Waals surface area contributed by atoms with Gasteiger partial charge in [-0.3, -0.25) is 24.2 Å². The van der Waals surface area contributed by atoms with Crippen LogP contribution in [0, 0.1) is 0 Å². The monoisotopic (exact) mass is 463 g/mol. The van der Waals surface area contributed by atoms with Gasteiger partial charge in [-0.05, 0) is 44.7 Å². The van der Waals surface area contributed by atoms with E-state index in [9.17, 15) is 14.4 Å². The lowest BCUT2D eigenvalue weighted by Crippen LogP contribution is -2.40. The molecule has 0 saturated heterocycles. The first-order valence-electron chi connectivity index (χ1n) is 11.3. The van der Waals surface area contributed by atoms with Gasteiger partial charge in [0.25, 0.3) is 11.5 Å². The Kier molecular flexibility index (Phi) is 5.56. The molecule has 34 heavy (non-hydrogen) atoms. The van der Waals surface area contributed by atoms with Crippen molar-refractivity contribution in [3.8, 4) is 11.4 Å². The predicted molar refractivity (Wildman–Crippen MR) is 123 cm³/mol. The maximum Gasteiger partial charge on any atom is 0.327 e. The van der Waals surface area contributed by atoms with Gasteiger partial charge in [0, 0.05) is 32.0 Å². The number of rotatable bonds is 5. The third-order valence-corrected chi connectivity index (χ3v) is 6.54. The van der Waals surface area contributed by atoms with Crippen LogP contribution in [0.1, 0.15) is 49.0 Å². The second-order valence-electron chi connectivity index (χ2n) is 8.52. The normalized spacial score (nSPS) is 18.3. The maximum atomic E-state index is 13.1. The molecule has 4 aromatic heterocycles. The van der Waals surface area contributed by atoms with Crippen LogP contribution in [-0.2, 0) is 6.54 Å². The number of fused-ring (bicyclic) bond motifs is 1. The van der Waals surface area contributed by atoms with E-state index < -0.39 is 11.2 Å². The number of aryl methyl sites for hydroxylation is 1. The van der Waals surface area contributed by atoms with Gasteiger partial charge < -0.3 is 4.90 Å². The summed E-state index contributed by atoms with van der Waals surface area (Å²) >= 11 is 0. The maximum absolute atomic E-state index is 13.1. The standard InChI is InChI=1S/C22H25N9O3/c1-3-30-18(8-9-24-30)17-12-31(28-27-17)15-6-4-14(5-7-15)29(2)21(33)13-10-16-19(23-11-13)25-22(34)26-20(16)32/h8-12,14-15H,3-7H2,1-2H3,(H2,23,25,26,32,34). The number of nitrogens with zero attached hydrogens (tertiary/aromatic N) is 7. The Labute approximate surface area is 193 Å². The first kappa shape index (κ1) is 21.7. The van der Waals surface area contributed by atoms with E-state index in [1.165, 1.54) is 12.3 Å². The molecule has 0 unspecified atom stereocenters. The van der Waals surface area contributed by atoms with Gasteiger partial charge in [-0.15, -0.1) is 5.10 Å². The highest BCUT2D eigenvalue weighted by Gasteiger charge is 2.29. The Hall–Kier alpha value is -4.09. The minimum absolute atomic E-state index is 0.0674. The number of aromatic amines is 2. The van der Waals surface area contributed by atoms with Crippen molar-refractivity contribution in [1.82, 2.24) is 44.6 Å². The number of aromatic nitrogens is 8. The Bertz CT molecular complexity index is 1460. The second-order valence-corrected chi connectivity index (χ2v) is 8.52. The van der Waals surface area contributed by atoms with Crippen molar-refractivity contribution < 1.29 is 4.79 Å². The van der Waals surface area contributed by atoms with Crippen molar-refractivity contribution in [2.75, 3.05) is 7.05 Å². The zero-order chi connectivity index (χ0) is 23.8. The van der Waals surface area contributed by atoms with Crippen molar-refractivity contribution in [2.24, 2.45) is 0 Å². The number of amides is 1. The lowest BCUT2D eigenvalue weighted by atomic mass is 9.90. The molecule has 4 heterocycles. The van der Waals surface area contributed by atoms with E-state index in [1.807, 2.05) is 28.6 Å². The van der Waals surface area contributed by atoms with Crippen molar-refractivity contribution in [1.29, 1.82) is 0 Å². The average Bonchev–Trinajstić information content (AvgIpc) is 3.52. The molecule has 176 valence electrons. The van der Waals surface area contributed by atoms with Crippen LogP contribution in [0.3, 0.4) is 0 Å². The summed E-state index contributed by atoms with van der Waals surface area (Å²) in [6, 6.07) is 3.69. The van der Waals surface area contributed by atoms with Crippen LogP contribution in [0.2, 0.25) is 0 Å². The van der Waals surface area contributed by atoms with Crippen LogP contribution >= 0.6 is 0 Å². The van der Waals surface area contributed by atoms with E-state index in [1.54, 1.807) is 18.1 Å². The summed E-state index contributed by atoms with van der Waals surface area (Å²) in [6.07, 6.45) is 8.50. The summed E-state index contributed by atoms with van der Waals surface area (Å²) in [6.45, 7) is 2.80. The van der Waals surface area contributed by atoms with Gasteiger partial charge in [0.15, 0.2) is 0 Å². The molecule has 4 aromatic rings. The molecule has 0 aromatic carbocycles. The molecule has 0 atom stereocenters. The van der Waals surface area contributed by atoms with Crippen molar-refractivity contribution in [3.05, 3.63) is 57.1 Å². The molecule has 1 fully saturated rings. The average molecular weight is 464 g/mol. The molecule has 0 aliphatic heterocycles. The highest BCUT2D eigenvalue weighted by Crippen LogP contribution is 2.31. The minimum Gasteiger partial charge on any atom is -0.339 e. The van der Waals surface area contributed by atoms with E-state index in [0.717, 1.165) is 43.6 Å². The van der Waals surface area contributed by atoms with Crippen molar-refractivity contribution >= 4 is 16.9 Å². The van der Waals surface area contributed by atoms with Crippen LogP contribution in [0.15, 0.2) is 40.3 Å². The zero-order valence-corrected chi connectivity index (χ0v) is 18.9. The molecule has 0 spiro atoms. The first-order chi connectivity index (χ1) is 16.4. The van der Waals surface area contributed by atoms with Gasteiger partial charge in [0.1, 0.15) is 11.3 Å². The van der Waals surface area contributed by atoms with Crippen LogP contribution in [0.4, 0.5) is 0 Å². The molecule has 5 rings (SSSR count). The largest absolute Gasteiger partial charge is 0.339 e. The quantitative estimate of drug-likeness (QED) is 0.454. The number of H-pyrrole nitrogens is 2. The first-order valence-corrected chi connectivity index (χ1v) is 11.3. The molecule has 1 aliphatic carbocycles. The molecule has 1 amide bonds. The molecular weight excluding hydrogens is 438 g/mol. The highest BCUT2D eigenvalue weighted by atomic mass is 16.2. The number of nitrogens with one attached hydrogen (secondary N) is 2. The van der Waals surface area contributed by atoms with Crippen molar-refractivity contribution in [2.45, 2.75) is 51.2 Å². The third kappa shape index (κ3) is 3.91. The number of pyridine rings is 1. The van der Waals surface area contributed by atoms with Gasteiger partial charge in [0.05, 0.1) is 28.9 Å². The molecule has 2 N–H and O–H groups in total. The number of carbonyl (C=O) groups is 1. The zero-order valence-electron chi connectivity index (χ0n) is 18.9. The second kappa shape index (κ2) is 8.69. The van der Waals surface area contributed by atoms with Gasteiger partial charge in [-0.1, -0.05) is 5.21 Å². The van der Waals surface area contributed by atoms with E-state index in [2.05, 4.69) is 30.4 Å². The van der Waals surface area contributed by atoms with E-state index in [4.69, 9.17) is 0 Å². The Morgan fingerprint density at radius 1 is 1.21 bits per heavy atom. The molecule has 1 aliphatic rings. The SMILES string of the molecule is CCn1nccc1-c1cn(C2CCC(N(C)C(=O)c3cnc4[nH]c(=O)[nH]c(=O)c4c3)CC2)nn1. The number of hydrogen-bond acceptors (Lipinski definition) is 7. The molecule has 1 saturated carbocycles. The summed E-state index contributed by atoms with van der Waals surface area (Å²) in [5.74, 6) is -0.209. The lowest BCUT2D eigenvalue weighted by molar-refractivity contribution is 0.0674. The highest BCUT2D eigenvalue weighted by molar-refractivity contribution is 5.96. The van der Waals surface area contributed by atoms with Crippen LogP contribution in [-0.4, -0.2) is 63.6 Å². The molecule has 12 nitrogen and oxygen atoms in total. The van der Waals surface area contributed by atoms with Gasteiger partial charge in [-0.2, -0.15) is 5.10 Å². The Morgan fingerprint density at radius 3 is 2.76 bits per heavy atom. The van der Waals surface area contributed by atoms with E-state index in [0.29, 0.717) is 5.56 Å². The Morgan fingerprint density at radius 2 is 2.00 bits per heavy atom. The molecule has 12 heteroatoms. The summed E-state index contributed by atoms with van der Waals surface area (Å²) < 4.78 is 3.81.